The number of hydrogen-bond donors (Lipinski definition) is 2. The first-order chi connectivity index (χ1) is 17.2. The number of ether oxygens (including phenoxy) is 1. The van der Waals surface area contributed by atoms with Gasteiger partial charge in [0.2, 0.25) is 0 Å². The van der Waals surface area contributed by atoms with Gasteiger partial charge in [-0.1, -0.05) is 0 Å². The van der Waals surface area contributed by atoms with Gasteiger partial charge in [-0.05, 0) is 39.2 Å². The summed E-state index contributed by atoms with van der Waals surface area (Å²) >= 11 is 0. The van der Waals surface area contributed by atoms with Crippen molar-refractivity contribution in [3.63, 3.8) is 0 Å². The molecule has 2 N–H and O–H groups in total. The van der Waals surface area contributed by atoms with E-state index in [4.69, 9.17) is 4.74 Å². The van der Waals surface area contributed by atoms with Crippen molar-refractivity contribution in [1.29, 1.82) is 0 Å². The van der Waals surface area contributed by atoms with Crippen molar-refractivity contribution in [2.24, 2.45) is 0 Å². The summed E-state index contributed by atoms with van der Waals surface area (Å²) in [5.74, 6) is 1.91. The van der Waals surface area contributed by atoms with Crippen LogP contribution >= 0.6 is 0 Å². The lowest BCUT2D eigenvalue weighted by Gasteiger charge is -2.29. The highest BCUT2D eigenvalue weighted by atomic mass is 32.2. The third kappa shape index (κ3) is 4.56. The lowest BCUT2D eigenvalue weighted by atomic mass is 10.00. The minimum atomic E-state index is -3.46. The van der Waals surface area contributed by atoms with Crippen molar-refractivity contribution < 1.29 is 18.3 Å². The molecule has 4 aromatic rings. The largest absolute Gasteiger partial charge is 0.388 e. The Morgan fingerprint density at radius 3 is 2.72 bits per heavy atom. The molecule has 12 nitrogen and oxygen atoms in total. The van der Waals surface area contributed by atoms with E-state index in [-0.39, 0.29) is 17.4 Å². The molecule has 0 atom stereocenters. The lowest BCUT2D eigenvalue weighted by Crippen LogP contribution is -2.29. The number of fused-ring (bicyclic) bond motifs is 1. The number of aliphatic hydroxyl groups is 1. The Hall–Kier alpha value is -3.42. The molecule has 0 spiro atoms. The Labute approximate surface area is 208 Å². The maximum absolute atomic E-state index is 12.4. The molecule has 0 unspecified atom stereocenters. The molecule has 5 rings (SSSR count). The summed E-state index contributed by atoms with van der Waals surface area (Å²) in [6, 6.07) is 3.55. The highest BCUT2D eigenvalue weighted by Crippen LogP contribution is 2.31. The molecule has 0 amide bonds. The van der Waals surface area contributed by atoms with E-state index in [0.29, 0.717) is 53.8 Å². The standard InChI is InChI=1S/C23H28N8O4S/c1-23(2,7-9-35-3)31-18-10-20(25-12-17(18)27-21(31)14-32)28-19-6-8-24-22(29-19)15-11-26-30(13-15)36(33,34)16-4-5-16/h6,8,10-13,16,32H,4-5,7,9,14H2,1-3H3,(H,24,25,28,29). The second-order valence-electron chi connectivity index (χ2n) is 9.37. The molecule has 13 heteroatoms. The van der Waals surface area contributed by atoms with Crippen LogP contribution in [0.15, 0.2) is 36.9 Å². The van der Waals surface area contributed by atoms with Gasteiger partial charge in [-0.25, -0.2) is 28.4 Å². The SMILES string of the molecule is COCCC(C)(C)n1c(CO)nc2cnc(Nc3ccnc(-c4cnn(S(=O)(=O)C5CC5)c4)n3)cc21. The van der Waals surface area contributed by atoms with Crippen LogP contribution < -0.4 is 5.32 Å². The van der Waals surface area contributed by atoms with E-state index in [1.54, 1.807) is 25.6 Å². The van der Waals surface area contributed by atoms with E-state index in [1.807, 2.05) is 10.6 Å². The molecule has 1 aliphatic rings. The minimum Gasteiger partial charge on any atom is -0.388 e. The monoisotopic (exact) mass is 512 g/mol. The predicted molar refractivity (Wildman–Crippen MR) is 133 cm³/mol. The van der Waals surface area contributed by atoms with Gasteiger partial charge in [0, 0.05) is 31.5 Å². The molecule has 1 saturated carbocycles. The van der Waals surface area contributed by atoms with Gasteiger partial charge in [0.25, 0.3) is 10.0 Å². The summed E-state index contributed by atoms with van der Waals surface area (Å²) in [7, 11) is -1.80. The van der Waals surface area contributed by atoms with Gasteiger partial charge in [0.15, 0.2) is 5.82 Å². The first kappa shape index (κ1) is 24.3. The Morgan fingerprint density at radius 1 is 1.19 bits per heavy atom. The van der Waals surface area contributed by atoms with Crippen LogP contribution in [0.3, 0.4) is 0 Å². The summed E-state index contributed by atoms with van der Waals surface area (Å²) in [6.45, 7) is 4.50. The van der Waals surface area contributed by atoms with Crippen LogP contribution in [-0.4, -0.2) is 66.2 Å². The van der Waals surface area contributed by atoms with Crippen molar-refractivity contribution in [3.8, 4) is 11.4 Å². The average Bonchev–Trinajstić information content (AvgIpc) is 3.48. The molecular weight excluding hydrogens is 484 g/mol. The summed E-state index contributed by atoms with van der Waals surface area (Å²) in [5, 5.41) is 16.8. The van der Waals surface area contributed by atoms with Crippen LogP contribution in [0.25, 0.3) is 22.4 Å². The van der Waals surface area contributed by atoms with Gasteiger partial charge in [-0.2, -0.15) is 9.19 Å². The first-order valence-corrected chi connectivity index (χ1v) is 13.1. The van der Waals surface area contributed by atoms with Crippen molar-refractivity contribution in [1.82, 2.24) is 33.7 Å². The number of aliphatic hydroxyl groups excluding tert-OH is 1. The number of aromatic nitrogens is 7. The maximum Gasteiger partial charge on any atom is 0.256 e. The van der Waals surface area contributed by atoms with Crippen molar-refractivity contribution in [2.45, 2.75) is 50.5 Å². The van der Waals surface area contributed by atoms with Crippen LogP contribution in [0.2, 0.25) is 0 Å². The number of nitrogens with one attached hydrogen (secondary N) is 1. The molecule has 0 bridgehead atoms. The Morgan fingerprint density at radius 2 is 2.00 bits per heavy atom. The molecule has 190 valence electrons. The van der Waals surface area contributed by atoms with Gasteiger partial charge in [0.1, 0.15) is 29.6 Å². The van der Waals surface area contributed by atoms with Crippen LogP contribution in [-0.2, 0) is 26.9 Å². The number of imidazole rings is 1. The summed E-state index contributed by atoms with van der Waals surface area (Å²) in [6.07, 6.45) is 8.16. The van der Waals surface area contributed by atoms with E-state index < -0.39 is 10.0 Å². The quantitative estimate of drug-likeness (QED) is 0.324. The van der Waals surface area contributed by atoms with E-state index >= 15 is 0 Å². The van der Waals surface area contributed by atoms with E-state index in [2.05, 4.69) is 44.2 Å². The zero-order chi connectivity index (χ0) is 25.5. The first-order valence-electron chi connectivity index (χ1n) is 11.6. The molecule has 0 aliphatic heterocycles. The van der Waals surface area contributed by atoms with Crippen LogP contribution in [0.1, 0.15) is 38.9 Å². The second kappa shape index (κ2) is 9.22. The van der Waals surface area contributed by atoms with Gasteiger partial charge < -0.3 is 19.7 Å². The summed E-state index contributed by atoms with van der Waals surface area (Å²) in [4.78, 5) is 17.8. The second-order valence-corrected chi connectivity index (χ2v) is 11.4. The van der Waals surface area contributed by atoms with Crippen LogP contribution in [0.5, 0.6) is 0 Å². The Kier molecular flexibility index (Phi) is 6.22. The van der Waals surface area contributed by atoms with Gasteiger partial charge >= 0.3 is 0 Å². The van der Waals surface area contributed by atoms with Crippen LogP contribution in [0.4, 0.5) is 11.6 Å². The van der Waals surface area contributed by atoms with E-state index in [0.717, 1.165) is 16.0 Å². The fraction of sp³-hybridized carbons (Fsp3) is 0.435. The molecule has 1 aliphatic carbocycles. The molecule has 36 heavy (non-hydrogen) atoms. The molecular formula is C23H28N8O4S. The Balaban J connectivity index is 1.44. The third-order valence-electron chi connectivity index (χ3n) is 6.21. The van der Waals surface area contributed by atoms with E-state index in [1.165, 1.54) is 12.4 Å². The van der Waals surface area contributed by atoms with Crippen molar-refractivity contribution in [2.75, 3.05) is 19.0 Å². The van der Waals surface area contributed by atoms with Crippen LogP contribution in [0, 0.1) is 0 Å². The van der Waals surface area contributed by atoms with Crippen molar-refractivity contribution >= 4 is 32.7 Å². The highest BCUT2D eigenvalue weighted by Gasteiger charge is 2.37. The smallest absolute Gasteiger partial charge is 0.256 e. The predicted octanol–water partition coefficient (Wildman–Crippen LogP) is 2.43. The topological polar surface area (TPSA) is 150 Å². The average molecular weight is 513 g/mol. The summed E-state index contributed by atoms with van der Waals surface area (Å²) < 4.78 is 33.2. The molecule has 0 aromatic carbocycles. The highest BCUT2D eigenvalue weighted by molar-refractivity contribution is 7.90. The van der Waals surface area contributed by atoms with E-state index in [9.17, 15) is 13.5 Å². The normalized spacial score (nSPS) is 14.4. The molecule has 0 saturated heterocycles. The number of hydrogen-bond acceptors (Lipinski definition) is 10. The van der Waals surface area contributed by atoms with Gasteiger partial charge in [-0.15, -0.1) is 0 Å². The maximum atomic E-state index is 12.4. The number of nitrogens with zero attached hydrogens (tertiary/aromatic N) is 7. The fourth-order valence-corrected chi connectivity index (χ4v) is 5.60. The minimum absolute atomic E-state index is 0.201. The number of rotatable bonds is 10. The fourth-order valence-electron chi connectivity index (χ4n) is 4.12. The van der Waals surface area contributed by atoms with Gasteiger partial charge in [-0.3, -0.25) is 0 Å². The zero-order valence-corrected chi connectivity index (χ0v) is 21.1. The third-order valence-corrected chi connectivity index (χ3v) is 8.25. The zero-order valence-electron chi connectivity index (χ0n) is 20.3. The van der Waals surface area contributed by atoms with Crippen molar-refractivity contribution in [3.05, 3.63) is 42.7 Å². The molecule has 0 radical (unpaired) electrons. The molecule has 4 aromatic heterocycles. The molecule has 1 fully saturated rings. The molecule has 4 heterocycles. The Bertz CT molecular complexity index is 1510. The number of anilines is 2. The lowest BCUT2D eigenvalue weighted by molar-refractivity contribution is 0.151. The summed E-state index contributed by atoms with van der Waals surface area (Å²) in [5.41, 5.74) is 1.63. The number of methoxy groups -OCH3 is 1. The van der Waals surface area contributed by atoms with Gasteiger partial charge in [0.05, 0.1) is 34.9 Å². The number of pyridine rings is 1.